The molecule has 0 aliphatic rings. The number of nitrogens with one attached hydrogen (secondary N) is 1. The minimum Gasteiger partial charge on any atom is -0.326 e. The first-order valence-corrected chi connectivity index (χ1v) is 8.02. The molecule has 0 fully saturated rings. The van der Waals surface area contributed by atoms with E-state index in [0.29, 0.717) is 5.75 Å². The van der Waals surface area contributed by atoms with Crippen LogP contribution < -0.4 is 5.32 Å². The van der Waals surface area contributed by atoms with Crippen LogP contribution in [0.2, 0.25) is 0 Å². The lowest BCUT2D eigenvalue weighted by Gasteiger charge is -2.08. The number of nitrogens with zero attached hydrogens (tertiary/aromatic N) is 4. The summed E-state index contributed by atoms with van der Waals surface area (Å²) in [5, 5.41) is 11.7. The van der Waals surface area contributed by atoms with Gasteiger partial charge in [0.05, 0.1) is 11.4 Å². The lowest BCUT2D eigenvalue weighted by atomic mass is 10.2. The third-order valence-corrected chi connectivity index (χ3v) is 4.01. The van der Waals surface area contributed by atoms with Crippen LogP contribution in [0.4, 0.5) is 5.69 Å². The average molecular weight is 325 g/mol. The van der Waals surface area contributed by atoms with Crippen LogP contribution in [-0.4, -0.2) is 25.7 Å². The molecule has 0 aliphatic carbocycles. The number of benzene rings is 1. The molecule has 1 aromatic carbocycles. The summed E-state index contributed by atoms with van der Waals surface area (Å²) in [4.78, 5) is 15.5. The highest BCUT2D eigenvalue weighted by Crippen LogP contribution is 2.24. The van der Waals surface area contributed by atoms with Gasteiger partial charge in [-0.05, 0) is 30.3 Å². The van der Waals surface area contributed by atoms with Crippen molar-refractivity contribution in [1.29, 1.82) is 0 Å². The van der Waals surface area contributed by atoms with E-state index in [4.69, 9.17) is 0 Å². The number of hydrogen-bond donors (Lipinski definition) is 1. The number of amides is 1. The van der Waals surface area contributed by atoms with Gasteiger partial charge in [0.25, 0.3) is 0 Å². The molecule has 116 valence electrons. The van der Waals surface area contributed by atoms with Crippen LogP contribution >= 0.6 is 11.8 Å². The number of rotatable bonds is 5. The van der Waals surface area contributed by atoms with Crippen LogP contribution in [0.1, 0.15) is 12.6 Å². The summed E-state index contributed by atoms with van der Waals surface area (Å²) < 4.78 is 1.89. The van der Waals surface area contributed by atoms with Crippen molar-refractivity contribution in [3.63, 3.8) is 0 Å². The molecule has 0 saturated heterocycles. The molecule has 0 bridgehead atoms. The first kappa shape index (κ1) is 15.2. The topological polar surface area (TPSA) is 72.7 Å². The third-order valence-electron chi connectivity index (χ3n) is 3.04. The van der Waals surface area contributed by atoms with E-state index in [9.17, 15) is 4.79 Å². The van der Waals surface area contributed by atoms with E-state index in [1.54, 1.807) is 24.3 Å². The van der Waals surface area contributed by atoms with Crippen molar-refractivity contribution < 1.29 is 4.79 Å². The highest BCUT2D eigenvalue weighted by atomic mass is 32.2. The Hall–Kier alpha value is -2.67. The summed E-state index contributed by atoms with van der Waals surface area (Å²) in [6.07, 6.45) is 3.44. The Morgan fingerprint density at radius 3 is 2.96 bits per heavy atom. The maximum Gasteiger partial charge on any atom is 0.221 e. The predicted molar refractivity (Wildman–Crippen MR) is 89.5 cm³/mol. The number of thioether (sulfide) groups is 1. The fourth-order valence-corrected chi connectivity index (χ4v) is 2.90. The summed E-state index contributed by atoms with van der Waals surface area (Å²) in [5.74, 6) is 0.612. The Bertz CT molecular complexity index is 803. The molecule has 3 rings (SSSR count). The van der Waals surface area contributed by atoms with Crippen molar-refractivity contribution in [2.45, 2.75) is 17.8 Å². The molecule has 0 saturated carbocycles. The van der Waals surface area contributed by atoms with Crippen molar-refractivity contribution in [1.82, 2.24) is 19.7 Å². The van der Waals surface area contributed by atoms with Gasteiger partial charge in [0.15, 0.2) is 5.16 Å². The van der Waals surface area contributed by atoms with E-state index in [2.05, 4.69) is 20.5 Å². The second-order valence-corrected chi connectivity index (χ2v) is 5.77. The maximum atomic E-state index is 11.2. The van der Waals surface area contributed by atoms with Crippen molar-refractivity contribution in [2.24, 2.45) is 0 Å². The monoisotopic (exact) mass is 325 g/mol. The molecule has 0 spiro atoms. The number of carbonyl (C=O) groups is 1. The van der Waals surface area contributed by atoms with Gasteiger partial charge in [0, 0.05) is 24.6 Å². The second kappa shape index (κ2) is 7.06. The first-order chi connectivity index (χ1) is 11.2. The Labute approximate surface area is 138 Å². The fraction of sp³-hybridized carbons (Fsp3) is 0.125. The summed E-state index contributed by atoms with van der Waals surface area (Å²) in [7, 11) is 0. The van der Waals surface area contributed by atoms with Crippen LogP contribution in [0.15, 0.2) is 60.1 Å². The van der Waals surface area contributed by atoms with Gasteiger partial charge < -0.3 is 5.32 Å². The molecule has 1 amide bonds. The predicted octanol–water partition coefficient (Wildman–Crippen LogP) is 2.91. The quantitative estimate of drug-likeness (QED) is 0.730. The van der Waals surface area contributed by atoms with Gasteiger partial charge in [-0.15, -0.1) is 10.2 Å². The van der Waals surface area contributed by atoms with Gasteiger partial charge in [0.2, 0.25) is 5.91 Å². The standard InChI is InChI=1S/C16H15N5OS/c1-12(22)19-13-6-4-7-15(9-13)21-11-18-20-16(21)23-10-14-5-2-3-8-17-14/h2-9,11H,10H2,1H3,(H,19,22). The van der Waals surface area contributed by atoms with Crippen molar-refractivity contribution in [3.8, 4) is 5.69 Å². The second-order valence-electron chi connectivity index (χ2n) is 4.82. The molecular weight excluding hydrogens is 310 g/mol. The molecule has 1 N–H and O–H groups in total. The summed E-state index contributed by atoms with van der Waals surface area (Å²) >= 11 is 1.56. The lowest BCUT2D eigenvalue weighted by molar-refractivity contribution is -0.114. The molecule has 2 aromatic heterocycles. The zero-order chi connectivity index (χ0) is 16.1. The lowest BCUT2D eigenvalue weighted by Crippen LogP contribution is -2.06. The Kier molecular flexibility index (Phi) is 4.68. The minimum absolute atomic E-state index is 0.101. The van der Waals surface area contributed by atoms with Gasteiger partial charge in [-0.2, -0.15) is 0 Å². The molecule has 23 heavy (non-hydrogen) atoms. The summed E-state index contributed by atoms with van der Waals surface area (Å²) in [6, 6.07) is 13.4. The molecular formula is C16H15N5OS. The van der Waals surface area contributed by atoms with E-state index in [-0.39, 0.29) is 5.91 Å². The molecule has 0 aliphatic heterocycles. The van der Waals surface area contributed by atoms with Gasteiger partial charge in [-0.3, -0.25) is 14.3 Å². The Morgan fingerprint density at radius 1 is 1.26 bits per heavy atom. The maximum absolute atomic E-state index is 11.2. The summed E-state index contributed by atoms with van der Waals surface area (Å²) in [6.45, 7) is 1.49. The van der Waals surface area contributed by atoms with Crippen LogP contribution in [0.3, 0.4) is 0 Å². The van der Waals surface area contributed by atoms with E-state index >= 15 is 0 Å². The molecule has 3 aromatic rings. The first-order valence-electron chi connectivity index (χ1n) is 7.03. The molecule has 0 unspecified atom stereocenters. The zero-order valence-electron chi connectivity index (χ0n) is 12.5. The minimum atomic E-state index is -0.101. The molecule has 7 heteroatoms. The van der Waals surface area contributed by atoms with Crippen molar-refractivity contribution in [3.05, 3.63) is 60.7 Å². The number of hydrogen-bond acceptors (Lipinski definition) is 5. The molecule has 0 atom stereocenters. The molecule has 6 nitrogen and oxygen atoms in total. The third kappa shape index (κ3) is 3.95. The van der Waals surface area contributed by atoms with E-state index in [1.165, 1.54) is 6.92 Å². The molecule has 2 heterocycles. The zero-order valence-corrected chi connectivity index (χ0v) is 13.3. The summed E-state index contributed by atoms with van der Waals surface area (Å²) in [5.41, 5.74) is 2.62. The molecule has 0 radical (unpaired) electrons. The highest BCUT2D eigenvalue weighted by molar-refractivity contribution is 7.98. The average Bonchev–Trinajstić information content (AvgIpc) is 3.02. The number of anilines is 1. The van der Waals surface area contributed by atoms with Crippen molar-refractivity contribution in [2.75, 3.05) is 5.32 Å². The SMILES string of the molecule is CC(=O)Nc1cccc(-n2cnnc2SCc2ccccn2)c1. The van der Waals surface area contributed by atoms with Crippen molar-refractivity contribution >= 4 is 23.4 Å². The number of aromatic nitrogens is 4. The fourth-order valence-electron chi connectivity index (χ4n) is 2.06. The number of pyridine rings is 1. The van der Waals surface area contributed by atoms with Crippen LogP contribution in [0.5, 0.6) is 0 Å². The van der Waals surface area contributed by atoms with Crippen LogP contribution in [0.25, 0.3) is 5.69 Å². The Morgan fingerprint density at radius 2 is 2.17 bits per heavy atom. The highest BCUT2D eigenvalue weighted by Gasteiger charge is 2.08. The van der Waals surface area contributed by atoms with Crippen LogP contribution in [-0.2, 0) is 10.5 Å². The number of carbonyl (C=O) groups excluding carboxylic acids is 1. The van der Waals surface area contributed by atoms with Gasteiger partial charge in [-0.1, -0.05) is 23.9 Å². The Balaban J connectivity index is 1.79. The smallest absolute Gasteiger partial charge is 0.221 e. The van der Waals surface area contributed by atoms with Gasteiger partial charge in [0.1, 0.15) is 6.33 Å². The van der Waals surface area contributed by atoms with E-state index < -0.39 is 0 Å². The van der Waals surface area contributed by atoms with Gasteiger partial charge >= 0.3 is 0 Å². The normalized spacial score (nSPS) is 10.5. The van der Waals surface area contributed by atoms with Crippen LogP contribution in [0, 0.1) is 0 Å². The van der Waals surface area contributed by atoms with E-state index in [0.717, 1.165) is 22.2 Å². The largest absolute Gasteiger partial charge is 0.326 e. The van der Waals surface area contributed by atoms with E-state index in [1.807, 2.05) is 47.0 Å². The van der Waals surface area contributed by atoms with Gasteiger partial charge in [-0.25, -0.2) is 0 Å².